The van der Waals surface area contributed by atoms with Crippen molar-refractivity contribution in [1.82, 2.24) is 15.2 Å². The summed E-state index contributed by atoms with van der Waals surface area (Å²) in [7, 11) is 1.66. The zero-order valence-electron chi connectivity index (χ0n) is 15.2. The van der Waals surface area contributed by atoms with Gasteiger partial charge in [0.2, 0.25) is 5.91 Å². The van der Waals surface area contributed by atoms with E-state index in [1.165, 1.54) is 0 Å². The van der Waals surface area contributed by atoms with Crippen LogP contribution in [0.2, 0.25) is 0 Å². The minimum atomic E-state index is 0.199. The minimum Gasteiger partial charge on any atom is -0.497 e. The zero-order chi connectivity index (χ0) is 18.2. The van der Waals surface area contributed by atoms with Crippen LogP contribution in [-0.4, -0.2) is 55.6 Å². The third-order valence-electron chi connectivity index (χ3n) is 4.53. The predicted molar refractivity (Wildman–Crippen MR) is 103 cm³/mol. The van der Waals surface area contributed by atoms with Gasteiger partial charge < -0.3 is 20.3 Å². The molecule has 6 nitrogen and oxygen atoms in total. The quantitative estimate of drug-likeness (QED) is 0.713. The van der Waals surface area contributed by atoms with Gasteiger partial charge in [-0.2, -0.15) is 0 Å². The number of nitrogens with one attached hydrogen (secondary N) is 2. The molecule has 0 aliphatic carbocycles. The standard InChI is InChI=1S/C20H26N4O2/c1-26-18-7-4-16(5-8-18)17-6-9-19(23-14-17)22-11-10-21-15-20(25)24-12-2-3-13-24/h4-9,14,21H,2-3,10-13,15H2,1H3,(H,22,23). The maximum Gasteiger partial charge on any atom is 0.236 e. The number of hydrogen-bond donors (Lipinski definition) is 2. The molecule has 2 heterocycles. The van der Waals surface area contributed by atoms with E-state index < -0.39 is 0 Å². The van der Waals surface area contributed by atoms with Crippen LogP contribution in [0.5, 0.6) is 5.75 Å². The fourth-order valence-corrected chi connectivity index (χ4v) is 3.01. The first-order chi connectivity index (χ1) is 12.8. The van der Waals surface area contributed by atoms with Crippen molar-refractivity contribution < 1.29 is 9.53 Å². The molecule has 1 aromatic carbocycles. The molecule has 3 rings (SSSR count). The Hall–Kier alpha value is -2.60. The number of carbonyl (C=O) groups excluding carboxylic acids is 1. The van der Waals surface area contributed by atoms with Crippen molar-refractivity contribution in [3.8, 4) is 16.9 Å². The summed E-state index contributed by atoms with van der Waals surface area (Å²) in [6.07, 6.45) is 4.12. The van der Waals surface area contributed by atoms with Gasteiger partial charge >= 0.3 is 0 Å². The van der Waals surface area contributed by atoms with Gasteiger partial charge in [-0.25, -0.2) is 4.98 Å². The molecule has 0 saturated carbocycles. The molecule has 1 amide bonds. The molecular weight excluding hydrogens is 328 g/mol. The van der Waals surface area contributed by atoms with Crippen LogP contribution >= 0.6 is 0 Å². The van der Waals surface area contributed by atoms with E-state index in [1.807, 2.05) is 47.5 Å². The van der Waals surface area contributed by atoms with Crippen molar-refractivity contribution in [3.63, 3.8) is 0 Å². The van der Waals surface area contributed by atoms with E-state index in [0.29, 0.717) is 6.54 Å². The number of hydrogen-bond acceptors (Lipinski definition) is 5. The van der Waals surface area contributed by atoms with Gasteiger partial charge in [-0.15, -0.1) is 0 Å². The van der Waals surface area contributed by atoms with E-state index >= 15 is 0 Å². The number of methoxy groups -OCH3 is 1. The molecule has 26 heavy (non-hydrogen) atoms. The number of carbonyl (C=O) groups is 1. The highest BCUT2D eigenvalue weighted by atomic mass is 16.5. The van der Waals surface area contributed by atoms with Gasteiger partial charge in [0.25, 0.3) is 0 Å². The Kier molecular flexibility index (Phi) is 6.44. The van der Waals surface area contributed by atoms with Gasteiger partial charge in [0.15, 0.2) is 0 Å². The minimum absolute atomic E-state index is 0.199. The molecule has 138 valence electrons. The maximum atomic E-state index is 11.9. The largest absolute Gasteiger partial charge is 0.497 e. The summed E-state index contributed by atoms with van der Waals surface area (Å²) >= 11 is 0. The van der Waals surface area contributed by atoms with Crippen LogP contribution in [0.1, 0.15) is 12.8 Å². The second kappa shape index (κ2) is 9.20. The number of likely N-dealkylation sites (tertiary alicyclic amines) is 1. The van der Waals surface area contributed by atoms with Gasteiger partial charge in [0.1, 0.15) is 11.6 Å². The number of nitrogens with zero attached hydrogens (tertiary/aromatic N) is 2. The SMILES string of the molecule is COc1ccc(-c2ccc(NCCNCC(=O)N3CCCC3)nc2)cc1. The summed E-state index contributed by atoms with van der Waals surface area (Å²) in [6, 6.07) is 11.9. The van der Waals surface area contributed by atoms with Gasteiger partial charge in [-0.3, -0.25) is 4.79 Å². The molecule has 0 unspecified atom stereocenters. The molecule has 2 N–H and O–H groups in total. The van der Waals surface area contributed by atoms with Crippen LogP contribution in [0.3, 0.4) is 0 Å². The number of amides is 1. The summed E-state index contributed by atoms with van der Waals surface area (Å²) in [5, 5.41) is 6.45. The second-order valence-electron chi connectivity index (χ2n) is 6.35. The number of anilines is 1. The molecule has 0 radical (unpaired) electrons. The highest BCUT2D eigenvalue weighted by Gasteiger charge is 2.16. The molecule has 1 aromatic heterocycles. The summed E-state index contributed by atoms with van der Waals surface area (Å²) in [6.45, 7) is 3.67. The Morgan fingerprint density at radius 2 is 1.81 bits per heavy atom. The zero-order valence-corrected chi connectivity index (χ0v) is 15.2. The second-order valence-corrected chi connectivity index (χ2v) is 6.35. The van der Waals surface area contributed by atoms with Crippen molar-refractivity contribution in [2.75, 3.05) is 45.2 Å². The van der Waals surface area contributed by atoms with Crippen LogP contribution in [0.4, 0.5) is 5.82 Å². The summed E-state index contributed by atoms with van der Waals surface area (Å²) in [5.74, 6) is 1.87. The molecular formula is C20H26N4O2. The van der Waals surface area contributed by atoms with Crippen LogP contribution < -0.4 is 15.4 Å². The van der Waals surface area contributed by atoms with Gasteiger partial charge in [0, 0.05) is 37.9 Å². The molecule has 0 atom stereocenters. The van der Waals surface area contributed by atoms with Crippen molar-refractivity contribution >= 4 is 11.7 Å². The van der Waals surface area contributed by atoms with E-state index in [0.717, 1.165) is 61.7 Å². The smallest absolute Gasteiger partial charge is 0.236 e. The first-order valence-electron chi connectivity index (χ1n) is 9.09. The number of aromatic nitrogens is 1. The lowest BCUT2D eigenvalue weighted by molar-refractivity contribution is -0.129. The molecule has 1 saturated heterocycles. The number of rotatable bonds is 8. The van der Waals surface area contributed by atoms with Crippen LogP contribution in [-0.2, 0) is 4.79 Å². The lowest BCUT2D eigenvalue weighted by atomic mass is 10.1. The van der Waals surface area contributed by atoms with Crippen LogP contribution in [0.25, 0.3) is 11.1 Å². The Morgan fingerprint density at radius 1 is 1.08 bits per heavy atom. The maximum absolute atomic E-state index is 11.9. The third kappa shape index (κ3) is 4.95. The number of ether oxygens (including phenoxy) is 1. The van der Waals surface area contributed by atoms with E-state index in [4.69, 9.17) is 4.74 Å². The van der Waals surface area contributed by atoms with Crippen molar-refractivity contribution in [2.45, 2.75) is 12.8 Å². The first-order valence-corrected chi connectivity index (χ1v) is 9.09. The third-order valence-corrected chi connectivity index (χ3v) is 4.53. The Morgan fingerprint density at radius 3 is 2.46 bits per heavy atom. The highest BCUT2D eigenvalue weighted by Crippen LogP contribution is 2.22. The molecule has 2 aromatic rings. The molecule has 1 aliphatic heterocycles. The fourth-order valence-electron chi connectivity index (χ4n) is 3.01. The number of benzene rings is 1. The molecule has 0 spiro atoms. The average Bonchev–Trinajstić information content (AvgIpc) is 3.23. The summed E-state index contributed by atoms with van der Waals surface area (Å²) < 4.78 is 5.18. The first kappa shape index (κ1) is 18.2. The Balaban J connectivity index is 1.39. The Bertz CT molecular complexity index is 695. The van der Waals surface area contributed by atoms with Crippen molar-refractivity contribution in [1.29, 1.82) is 0 Å². The molecule has 6 heteroatoms. The van der Waals surface area contributed by atoms with Crippen LogP contribution in [0.15, 0.2) is 42.6 Å². The van der Waals surface area contributed by atoms with Gasteiger partial charge in [-0.1, -0.05) is 12.1 Å². The van der Waals surface area contributed by atoms with Crippen molar-refractivity contribution in [3.05, 3.63) is 42.6 Å². The normalized spacial score (nSPS) is 13.7. The van der Waals surface area contributed by atoms with E-state index in [9.17, 15) is 4.79 Å². The molecule has 0 bridgehead atoms. The molecule has 1 fully saturated rings. The van der Waals surface area contributed by atoms with E-state index in [2.05, 4.69) is 15.6 Å². The molecule has 1 aliphatic rings. The van der Waals surface area contributed by atoms with E-state index in [1.54, 1.807) is 7.11 Å². The lowest BCUT2D eigenvalue weighted by Crippen LogP contribution is -2.37. The average molecular weight is 354 g/mol. The lowest BCUT2D eigenvalue weighted by Gasteiger charge is -2.15. The van der Waals surface area contributed by atoms with Gasteiger partial charge in [0.05, 0.1) is 13.7 Å². The highest BCUT2D eigenvalue weighted by molar-refractivity contribution is 5.78. The number of pyridine rings is 1. The van der Waals surface area contributed by atoms with Crippen molar-refractivity contribution in [2.24, 2.45) is 0 Å². The fraction of sp³-hybridized carbons (Fsp3) is 0.400. The summed E-state index contributed by atoms with van der Waals surface area (Å²) in [5.41, 5.74) is 2.17. The monoisotopic (exact) mass is 354 g/mol. The van der Waals surface area contributed by atoms with Gasteiger partial charge in [-0.05, 0) is 42.7 Å². The summed E-state index contributed by atoms with van der Waals surface area (Å²) in [4.78, 5) is 18.3. The van der Waals surface area contributed by atoms with E-state index in [-0.39, 0.29) is 5.91 Å². The Labute approximate surface area is 154 Å². The van der Waals surface area contributed by atoms with Crippen LogP contribution in [0, 0.1) is 0 Å². The topological polar surface area (TPSA) is 66.5 Å². The predicted octanol–water partition coefficient (Wildman–Crippen LogP) is 2.38.